The molecule has 55 heavy (non-hydrogen) atoms. The van der Waals surface area contributed by atoms with Gasteiger partial charge >= 0.3 is 6.03 Å². The van der Waals surface area contributed by atoms with Gasteiger partial charge in [0, 0.05) is 19.0 Å². The number of amides is 3. The van der Waals surface area contributed by atoms with E-state index in [1.54, 1.807) is 4.90 Å². The topological polar surface area (TPSA) is 55.9 Å². The number of rotatable bonds is 39. The first kappa shape index (κ1) is 52.8. The van der Waals surface area contributed by atoms with Gasteiger partial charge in [-0.05, 0) is 131 Å². The molecule has 0 aliphatic carbocycles. The summed E-state index contributed by atoms with van der Waals surface area (Å²) in [6, 6.07) is -0.207. The molecule has 0 aromatic rings. The van der Waals surface area contributed by atoms with Gasteiger partial charge in [0.1, 0.15) is 0 Å². The lowest BCUT2D eigenvalue weighted by Gasteiger charge is -2.27. The first-order valence-electron chi connectivity index (χ1n) is 23.3. The smallest absolute Gasteiger partial charge is 0.324 e. The van der Waals surface area contributed by atoms with Crippen molar-refractivity contribution in [3.8, 4) is 0 Å². The van der Waals surface area contributed by atoms with Crippen LogP contribution in [0.15, 0.2) is 48.6 Å². The van der Waals surface area contributed by atoms with Crippen LogP contribution in [0.4, 0.5) is 4.79 Å². The SMILES string of the molecule is CCCCC/C=C\C/C=C\CCCCCCCCC(CCCCCCCC/C=C\C/C=C\CCCCC)C(=O)N(CCCN(C)C)C(=O)NCCCN(C)C. The fourth-order valence-electron chi connectivity index (χ4n) is 6.91. The zero-order chi connectivity index (χ0) is 40.5. The number of urea groups is 1. The predicted molar refractivity (Wildman–Crippen MR) is 243 cm³/mol. The molecule has 0 fully saturated rings. The Morgan fingerprint density at radius 1 is 0.455 bits per heavy atom. The lowest BCUT2D eigenvalue weighted by molar-refractivity contribution is -0.133. The predicted octanol–water partition coefficient (Wildman–Crippen LogP) is 13.5. The highest BCUT2D eigenvalue weighted by Gasteiger charge is 2.28. The van der Waals surface area contributed by atoms with Gasteiger partial charge in [0.05, 0.1) is 0 Å². The molecule has 0 saturated carbocycles. The number of nitrogens with zero attached hydrogens (tertiary/aromatic N) is 3. The van der Waals surface area contributed by atoms with E-state index < -0.39 is 0 Å². The molecule has 0 aromatic carbocycles. The summed E-state index contributed by atoms with van der Waals surface area (Å²) in [6.07, 6.45) is 51.4. The minimum atomic E-state index is -0.207. The molecule has 1 N–H and O–H groups in total. The zero-order valence-corrected chi connectivity index (χ0v) is 37.5. The molecular formula is C49H92N4O2. The fourth-order valence-corrected chi connectivity index (χ4v) is 6.91. The van der Waals surface area contributed by atoms with Crippen LogP contribution >= 0.6 is 0 Å². The second-order valence-corrected chi connectivity index (χ2v) is 16.5. The standard InChI is InChI=1S/C49H92N4O2/c1-7-9-11-13-15-17-19-21-23-25-27-29-31-33-35-37-41-47(42-38-36-34-32-30-28-26-24-22-20-18-16-14-12-10-8-2)48(54)53(46-40-45-52(5)6)49(55)50-43-39-44-51(3)4/h15-18,21-24,47H,7-14,19-20,25-46H2,1-6H3,(H,50,55)/b17-15-,18-16-,23-21-,24-22-. The van der Waals surface area contributed by atoms with Crippen molar-refractivity contribution >= 4 is 11.9 Å². The van der Waals surface area contributed by atoms with E-state index in [0.717, 1.165) is 64.5 Å². The number of carbonyl (C=O) groups excluding carboxylic acids is 2. The van der Waals surface area contributed by atoms with E-state index in [1.165, 1.54) is 128 Å². The van der Waals surface area contributed by atoms with Gasteiger partial charge < -0.3 is 15.1 Å². The van der Waals surface area contributed by atoms with Gasteiger partial charge in [-0.3, -0.25) is 9.69 Å². The van der Waals surface area contributed by atoms with Crippen molar-refractivity contribution in [2.45, 2.75) is 194 Å². The number of imide groups is 1. The van der Waals surface area contributed by atoms with Crippen molar-refractivity contribution in [3.63, 3.8) is 0 Å². The van der Waals surface area contributed by atoms with Gasteiger partial charge in [-0.1, -0.05) is 152 Å². The summed E-state index contributed by atoms with van der Waals surface area (Å²) in [4.78, 5) is 33.3. The van der Waals surface area contributed by atoms with Crippen molar-refractivity contribution in [1.82, 2.24) is 20.0 Å². The first-order chi connectivity index (χ1) is 26.8. The summed E-state index contributed by atoms with van der Waals surface area (Å²) < 4.78 is 0. The molecule has 0 saturated heterocycles. The van der Waals surface area contributed by atoms with Crippen LogP contribution in [-0.2, 0) is 4.79 Å². The maximum Gasteiger partial charge on any atom is 0.324 e. The Bertz CT molecular complexity index is 922. The van der Waals surface area contributed by atoms with E-state index in [-0.39, 0.29) is 17.9 Å². The largest absolute Gasteiger partial charge is 0.338 e. The average molecular weight is 769 g/mol. The summed E-state index contributed by atoms with van der Waals surface area (Å²) in [5, 5.41) is 3.07. The van der Waals surface area contributed by atoms with E-state index in [0.29, 0.717) is 13.1 Å². The third-order valence-corrected chi connectivity index (χ3v) is 10.4. The van der Waals surface area contributed by atoms with Gasteiger partial charge in [-0.15, -0.1) is 0 Å². The molecule has 0 radical (unpaired) electrons. The quantitative estimate of drug-likeness (QED) is 0.0500. The minimum absolute atomic E-state index is 0.0500. The number of unbranched alkanes of at least 4 members (excludes halogenated alkanes) is 18. The summed E-state index contributed by atoms with van der Waals surface area (Å²) in [6.45, 7) is 7.37. The van der Waals surface area contributed by atoms with Gasteiger partial charge in [0.2, 0.25) is 5.91 Å². The molecule has 0 aliphatic rings. The van der Waals surface area contributed by atoms with Crippen LogP contribution in [0.3, 0.4) is 0 Å². The average Bonchev–Trinajstić information content (AvgIpc) is 3.16. The molecule has 0 unspecified atom stereocenters. The van der Waals surface area contributed by atoms with Crippen molar-refractivity contribution in [1.29, 1.82) is 0 Å². The summed E-state index contributed by atoms with van der Waals surface area (Å²) >= 11 is 0. The number of carbonyl (C=O) groups is 2. The third-order valence-electron chi connectivity index (χ3n) is 10.4. The lowest BCUT2D eigenvalue weighted by atomic mass is 9.92. The molecule has 0 atom stereocenters. The summed E-state index contributed by atoms with van der Waals surface area (Å²) in [5.41, 5.74) is 0. The highest BCUT2D eigenvalue weighted by atomic mass is 16.2. The van der Waals surface area contributed by atoms with Crippen molar-refractivity contribution in [3.05, 3.63) is 48.6 Å². The number of hydrogen-bond donors (Lipinski definition) is 1. The monoisotopic (exact) mass is 769 g/mol. The number of nitrogens with one attached hydrogen (secondary N) is 1. The molecule has 320 valence electrons. The van der Waals surface area contributed by atoms with E-state index >= 15 is 0 Å². The van der Waals surface area contributed by atoms with E-state index in [9.17, 15) is 9.59 Å². The second-order valence-electron chi connectivity index (χ2n) is 16.5. The molecule has 0 aromatic heterocycles. The molecule has 0 rings (SSSR count). The Morgan fingerprint density at radius 2 is 0.836 bits per heavy atom. The van der Waals surface area contributed by atoms with Gasteiger partial charge in [0.25, 0.3) is 0 Å². The zero-order valence-electron chi connectivity index (χ0n) is 37.5. The van der Waals surface area contributed by atoms with Crippen molar-refractivity contribution < 1.29 is 9.59 Å². The molecule has 6 heteroatoms. The maximum absolute atomic E-state index is 14.1. The Kier molecular flexibility index (Phi) is 39.8. The summed E-state index contributed by atoms with van der Waals surface area (Å²) in [7, 11) is 8.19. The van der Waals surface area contributed by atoms with Gasteiger partial charge in [-0.2, -0.15) is 0 Å². The Balaban J connectivity index is 4.83. The third kappa shape index (κ3) is 37.2. The molecule has 0 aliphatic heterocycles. The molecule has 0 spiro atoms. The van der Waals surface area contributed by atoms with Crippen molar-refractivity contribution in [2.24, 2.45) is 5.92 Å². The molecule has 3 amide bonds. The van der Waals surface area contributed by atoms with Crippen LogP contribution in [0, 0.1) is 5.92 Å². The highest BCUT2D eigenvalue weighted by Crippen LogP contribution is 2.22. The van der Waals surface area contributed by atoms with Crippen LogP contribution < -0.4 is 5.32 Å². The molecule has 0 heterocycles. The Hall–Kier alpha value is -2.18. The number of allylic oxidation sites excluding steroid dienone is 8. The molecule has 0 bridgehead atoms. The lowest BCUT2D eigenvalue weighted by Crippen LogP contribution is -2.47. The normalized spacial score (nSPS) is 12.3. The van der Waals surface area contributed by atoms with E-state index in [1.807, 2.05) is 28.2 Å². The van der Waals surface area contributed by atoms with Crippen LogP contribution in [0.5, 0.6) is 0 Å². The Morgan fingerprint density at radius 3 is 1.25 bits per heavy atom. The molecule has 6 nitrogen and oxygen atoms in total. The van der Waals surface area contributed by atoms with Crippen LogP contribution in [0.2, 0.25) is 0 Å². The Labute approximate surface area is 343 Å². The van der Waals surface area contributed by atoms with Gasteiger partial charge in [0.15, 0.2) is 0 Å². The van der Waals surface area contributed by atoms with Crippen LogP contribution in [0.25, 0.3) is 0 Å². The highest BCUT2D eigenvalue weighted by molar-refractivity contribution is 5.95. The first-order valence-corrected chi connectivity index (χ1v) is 23.3. The summed E-state index contributed by atoms with van der Waals surface area (Å²) in [5.74, 6) is -0.0161. The van der Waals surface area contributed by atoms with Crippen LogP contribution in [0.1, 0.15) is 194 Å². The van der Waals surface area contributed by atoms with Gasteiger partial charge in [-0.25, -0.2) is 4.79 Å². The minimum Gasteiger partial charge on any atom is -0.338 e. The second kappa shape index (κ2) is 41.5. The fraction of sp³-hybridized carbons (Fsp3) is 0.796. The van der Waals surface area contributed by atoms with Crippen molar-refractivity contribution in [2.75, 3.05) is 54.4 Å². The maximum atomic E-state index is 14.1. The number of hydrogen-bond acceptors (Lipinski definition) is 4. The van der Waals surface area contributed by atoms with E-state index in [4.69, 9.17) is 0 Å². The van der Waals surface area contributed by atoms with E-state index in [2.05, 4.69) is 77.6 Å². The van der Waals surface area contributed by atoms with Crippen LogP contribution in [-0.4, -0.2) is 81.0 Å². The molecular weight excluding hydrogens is 677 g/mol.